The fraction of sp³-hybridized carbons (Fsp3) is 0.783. The molecular weight excluding hydrogens is 925 g/mol. The molecule has 0 saturated heterocycles. The molecular formula is C69H122O6. The van der Waals surface area contributed by atoms with E-state index in [0.29, 0.717) is 19.3 Å². The summed E-state index contributed by atoms with van der Waals surface area (Å²) in [6, 6.07) is 0. The Morgan fingerprint density at radius 2 is 0.520 bits per heavy atom. The first-order valence-corrected chi connectivity index (χ1v) is 32.4. The zero-order valence-corrected chi connectivity index (χ0v) is 49.8. The predicted octanol–water partition coefficient (Wildman–Crippen LogP) is 22.1. The molecule has 0 rings (SSSR count). The number of rotatable bonds is 59. The van der Waals surface area contributed by atoms with E-state index in [4.69, 9.17) is 14.2 Å². The van der Waals surface area contributed by atoms with Gasteiger partial charge in [0.05, 0.1) is 0 Å². The van der Waals surface area contributed by atoms with Gasteiger partial charge in [0, 0.05) is 19.3 Å². The minimum absolute atomic E-state index is 0.0686. The third kappa shape index (κ3) is 61.6. The third-order valence-electron chi connectivity index (χ3n) is 14.2. The van der Waals surface area contributed by atoms with Gasteiger partial charge in [-0.05, 0) is 70.6 Å². The Morgan fingerprint density at radius 1 is 0.280 bits per heavy atom. The largest absolute Gasteiger partial charge is 0.462 e. The molecule has 75 heavy (non-hydrogen) atoms. The zero-order valence-electron chi connectivity index (χ0n) is 49.8. The van der Waals surface area contributed by atoms with Crippen LogP contribution < -0.4 is 0 Å². The minimum atomic E-state index is -0.769. The molecule has 0 spiro atoms. The number of carbonyl (C=O) groups excluding carboxylic acids is 3. The normalized spacial score (nSPS) is 12.5. The molecule has 1 unspecified atom stereocenters. The van der Waals surface area contributed by atoms with Crippen molar-refractivity contribution in [1.29, 1.82) is 0 Å². The predicted molar refractivity (Wildman–Crippen MR) is 325 cm³/mol. The lowest BCUT2D eigenvalue weighted by Gasteiger charge is -2.18. The van der Waals surface area contributed by atoms with Crippen molar-refractivity contribution in [2.75, 3.05) is 13.2 Å². The summed E-state index contributed by atoms with van der Waals surface area (Å²) < 4.78 is 16.9. The van der Waals surface area contributed by atoms with Crippen LogP contribution in [-0.4, -0.2) is 37.2 Å². The van der Waals surface area contributed by atoms with E-state index in [1.54, 1.807) is 0 Å². The summed E-state index contributed by atoms with van der Waals surface area (Å²) in [5, 5.41) is 0. The molecule has 6 heteroatoms. The Hall–Kier alpha value is -3.15. The Bertz CT molecular complexity index is 1390. The van der Waals surface area contributed by atoms with Gasteiger partial charge in [-0.25, -0.2) is 0 Å². The van der Waals surface area contributed by atoms with Crippen molar-refractivity contribution in [3.05, 3.63) is 72.9 Å². The molecule has 0 saturated carbocycles. The fourth-order valence-electron chi connectivity index (χ4n) is 9.39. The van der Waals surface area contributed by atoms with Crippen molar-refractivity contribution in [2.45, 2.75) is 335 Å². The van der Waals surface area contributed by atoms with Crippen LogP contribution in [0.2, 0.25) is 0 Å². The Morgan fingerprint density at radius 3 is 0.813 bits per heavy atom. The van der Waals surface area contributed by atoms with Gasteiger partial charge >= 0.3 is 17.9 Å². The summed E-state index contributed by atoms with van der Waals surface area (Å²) in [6.45, 7) is 6.55. The second-order valence-corrected chi connectivity index (χ2v) is 21.7. The monoisotopic (exact) mass is 1050 g/mol. The van der Waals surface area contributed by atoms with Crippen LogP contribution in [0.4, 0.5) is 0 Å². The molecule has 0 amide bonds. The highest BCUT2D eigenvalue weighted by atomic mass is 16.6. The first-order chi connectivity index (χ1) is 37.0. The Balaban J connectivity index is 4.10. The summed E-state index contributed by atoms with van der Waals surface area (Å²) >= 11 is 0. The molecule has 0 aromatic carbocycles. The molecule has 434 valence electrons. The number of esters is 3. The van der Waals surface area contributed by atoms with Gasteiger partial charge in [0.2, 0.25) is 0 Å². The maximum atomic E-state index is 12.8. The van der Waals surface area contributed by atoms with Crippen LogP contribution in [0.15, 0.2) is 72.9 Å². The number of unbranched alkanes of at least 4 members (excludes halogenated alkanes) is 36. The van der Waals surface area contributed by atoms with E-state index < -0.39 is 6.10 Å². The van der Waals surface area contributed by atoms with Crippen LogP contribution in [-0.2, 0) is 28.6 Å². The van der Waals surface area contributed by atoms with E-state index >= 15 is 0 Å². The number of carbonyl (C=O) groups is 3. The van der Waals surface area contributed by atoms with Crippen molar-refractivity contribution in [3.63, 3.8) is 0 Å². The highest BCUT2D eigenvalue weighted by Gasteiger charge is 2.19. The number of hydrogen-bond donors (Lipinski definition) is 0. The number of hydrogen-bond acceptors (Lipinski definition) is 6. The number of ether oxygens (including phenoxy) is 3. The molecule has 0 heterocycles. The van der Waals surface area contributed by atoms with E-state index in [-0.39, 0.29) is 31.1 Å². The lowest BCUT2D eigenvalue weighted by Crippen LogP contribution is -2.30. The molecule has 0 aliphatic heterocycles. The third-order valence-corrected chi connectivity index (χ3v) is 14.2. The summed E-state index contributed by atoms with van der Waals surface area (Å²) in [5.74, 6) is -0.853. The van der Waals surface area contributed by atoms with Gasteiger partial charge in [0.15, 0.2) is 6.10 Å². The van der Waals surface area contributed by atoms with Crippen molar-refractivity contribution >= 4 is 17.9 Å². The Labute approximate surface area is 465 Å². The highest BCUT2D eigenvalue weighted by Crippen LogP contribution is 2.17. The molecule has 1 atom stereocenters. The molecule has 6 nitrogen and oxygen atoms in total. The second kappa shape index (κ2) is 63.4. The van der Waals surface area contributed by atoms with Crippen LogP contribution >= 0.6 is 0 Å². The van der Waals surface area contributed by atoms with Crippen LogP contribution in [0.5, 0.6) is 0 Å². The quantitative estimate of drug-likeness (QED) is 0.0261. The van der Waals surface area contributed by atoms with Crippen LogP contribution in [0, 0.1) is 0 Å². The van der Waals surface area contributed by atoms with Gasteiger partial charge in [0.25, 0.3) is 0 Å². The lowest BCUT2D eigenvalue weighted by atomic mass is 10.0. The molecule has 0 N–H and O–H groups in total. The summed E-state index contributed by atoms with van der Waals surface area (Å²) in [6.07, 6.45) is 82.1. The molecule has 0 radical (unpaired) electrons. The average Bonchev–Trinajstić information content (AvgIpc) is 3.41. The first kappa shape index (κ1) is 71.8. The van der Waals surface area contributed by atoms with E-state index in [0.717, 1.165) is 96.3 Å². The second-order valence-electron chi connectivity index (χ2n) is 21.7. The van der Waals surface area contributed by atoms with Gasteiger partial charge in [0.1, 0.15) is 13.2 Å². The smallest absolute Gasteiger partial charge is 0.306 e. The molecule has 0 bridgehead atoms. The van der Waals surface area contributed by atoms with Crippen molar-refractivity contribution in [1.82, 2.24) is 0 Å². The molecule has 0 aliphatic rings. The first-order valence-electron chi connectivity index (χ1n) is 32.4. The SMILES string of the molecule is CC/C=C\C/C=C\C/C=C\C/C=C\C/C=C\C/C=C\CCCCCCCCCCCCCCCCC(=O)OCC(COC(=O)CCCCCCCCCCCCCC)OC(=O)CCCCCCCCCCCCCC. The van der Waals surface area contributed by atoms with Gasteiger partial charge < -0.3 is 14.2 Å². The summed E-state index contributed by atoms with van der Waals surface area (Å²) in [4.78, 5) is 38.2. The van der Waals surface area contributed by atoms with Crippen LogP contribution in [0.1, 0.15) is 329 Å². The van der Waals surface area contributed by atoms with Crippen LogP contribution in [0.25, 0.3) is 0 Å². The zero-order chi connectivity index (χ0) is 54.3. The molecule has 0 aromatic rings. The van der Waals surface area contributed by atoms with E-state index in [1.807, 2.05) is 0 Å². The molecule has 0 fully saturated rings. The van der Waals surface area contributed by atoms with Crippen molar-refractivity contribution in [2.24, 2.45) is 0 Å². The van der Waals surface area contributed by atoms with Gasteiger partial charge in [-0.1, -0.05) is 312 Å². The standard InChI is InChI=1S/C69H122O6/c1-4-7-10-13-16-19-22-25-26-27-28-29-30-31-32-33-34-35-36-37-38-39-40-41-42-43-44-45-48-50-53-56-59-62-68(71)74-65-66(75-69(72)63-60-57-54-51-47-24-21-18-15-12-9-6-3)64-73-67(70)61-58-55-52-49-46-23-20-17-14-11-8-5-2/h7,10,16,19,25-26,28-29,31-32,34-35,66H,4-6,8-9,11-15,17-18,20-24,27,30,33,36-65H2,1-3H3/b10-7-,19-16-,26-25-,29-28-,32-31-,35-34-. The van der Waals surface area contributed by atoms with Crippen molar-refractivity contribution in [3.8, 4) is 0 Å². The maximum Gasteiger partial charge on any atom is 0.306 e. The Kier molecular flexibility index (Phi) is 60.7. The summed E-state index contributed by atoms with van der Waals surface area (Å²) in [5.41, 5.74) is 0. The van der Waals surface area contributed by atoms with Gasteiger partial charge in [-0.3, -0.25) is 14.4 Å². The lowest BCUT2D eigenvalue weighted by molar-refractivity contribution is -0.167. The van der Waals surface area contributed by atoms with E-state index in [9.17, 15) is 14.4 Å². The fourth-order valence-corrected chi connectivity index (χ4v) is 9.39. The van der Waals surface area contributed by atoms with E-state index in [1.165, 1.54) is 193 Å². The highest BCUT2D eigenvalue weighted by molar-refractivity contribution is 5.71. The minimum Gasteiger partial charge on any atom is -0.462 e. The van der Waals surface area contributed by atoms with Gasteiger partial charge in [-0.2, -0.15) is 0 Å². The van der Waals surface area contributed by atoms with Crippen molar-refractivity contribution < 1.29 is 28.6 Å². The average molecular weight is 1050 g/mol. The maximum absolute atomic E-state index is 12.8. The van der Waals surface area contributed by atoms with E-state index in [2.05, 4.69) is 93.7 Å². The topological polar surface area (TPSA) is 78.9 Å². The molecule has 0 aromatic heterocycles. The van der Waals surface area contributed by atoms with Crippen LogP contribution in [0.3, 0.4) is 0 Å². The number of allylic oxidation sites excluding steroid dienone is 12. The van der Waals surface area contributed by atoms with Gasteiger partial charge in [-0.15, -0.1) is 0 Å². The summed E-state index contributed by atoms with van der Waals surface area (Å²) in [7, 11) is 0. The molecule has 0 aliphatic carbocycles.